The molecule has 1 N–H and O–H groups in total. The number of amides is 1. The van der Waals surface area contributed by atoms with Crippen LogP contribution in [-0.2, 0) is 4.74 Å². The van der Waals surface area contributed by atoms with Gasteiger partial charge in [0.05, 0.1) is 0 Å². The number of thioether (sulfide) groups is 1. The summed E-state index contributed by atoms with van der Waals surface area (Å²) in [6, 6.07) is 16.2. The van der Waals surface area contributed by atoms with E-state index < -0.39 is 11.7 Å². The SMILES string of the molecule is CC(C)(C)OC(=O)Nc1ccc(SC(=O)c2ccccc2)cc1. The first-order chi connectivity index (χ1) is 10.8. The molecule has 2 aromatic rings. The van der Waals surface area contributed by atoms with Crippen LogP contribution in [0.4, 0.5) is 10.5 Å². The molecule has 0 radical (unpaired) electrons. The zero-order chi connectivity index (χ0) is 16.9. The Labute approximate surface area is 140 Å². The molecule has 23 heavy (non-hydrogen) atoms. The van der Waals surface area contributed by atoms with Crippen molar-refractivity contribution in [2.24, 2.45) is 0 Å². The van der Waals surface area contributed by atoms with Gasteiger partial charge in [0.15, 0.2) is 0 Å². The highest BCUT2D eigenvalue weighted by molar-refractivity contribution is 8.14. The Balaban J connectivity index is 1.95. The lowest BCUT2D eigenvalue weighted by atomic mass is 10.2. The van der Waals surface area contributed by atoms with Crippen LogP contribution in [0, 0.1) is 0 Å². The second-order valence-electron chi connectivity index (χ2n) is 5.91. The van der Waals surface area contributed by atoms with Crippen LogP contribution < -0.4 is 5.32 Å². The minimum absolute atomic E-state index is 0.0153. The predicted molar refractivity (Wildman–Crippen MR) is 92.9 cm³/mol. The molecule has 4 nitrogen and oxygen atoms in total. The average Bonchev–Trinajstić information content (AvgIpc) is 2.48. The number of carbonyl (C=O) groups excluding carboxylic acids is 2. The van der Waals surface area contributed by atoms with Gasteiger partial charge < -0.3 is 4.74 Å². The fraction of sp³-hybridized carbons (Fsp3) is 0.222. The number of ether oxygens (including phenoxy) is 1. The molecule has 0 fully saturated rings. The van der Waals surface area contributed by atoms with Crippen molar-refractivity contribution in [1.29, 1.82) is 0 Å². The topological polar surface area (TPSA) is 55.4 Å². The van der Waals surface area contributed by atoms with Crippen molar-refractivity contribution in [3.8, 4) is 0 Å². The van der Waals surface area contributed by atoms with E-state index >= 15 is 0 Å². The zero-order valence-corrected chi connectivity index (χ0v) is 14.1. The number of nitrogens with one attached hydrogen (secondary N) is 1. The highest BCUT2D eigenvalue weighted by Crippen LogP contribution is 2.24. The first kappa shape index (κ1) is 17.1. The van der Waals surface area contributed by atoms with Crippen LogP contribution in [0.5, 0.6) is 0 Å². The maximum Gasteiger partial charge on any atom is 0.412 e. The van der Waals surface area contributed by atoms with Gasteiger partial charge >= 0.3 is 6.09 Å². The molecule has 0 aliphatic heterocycles. The van der Waals surface area contributed by atoms with E-state index in [0.717, 1.165) is 16.7 Å². The van der Waals surface area contributed by atoms with E-state index in [-0.39, 0.29) is 5.12 Å². The third-order valence-corrected chi connectivity index (χ3v) is 3.65. The first-order valence-electron chi connectivity index (χ1n) is 7.21. The first-order valence-corrected chi connectivity index (χ1v) is 8.02. The molecule has 120 valence electrons. The zero-order valence-electron chi connectivity index (χ0n) is 13.3. The standard InChI is InChI=1S/C18H19NO3S/c1-18(2,3)22-17(21)19-14-9-11-15(12-10-14)23-16(20)13-7-5-4-6-8-13/h4-12H,1-3H3,(H,19,21). The Morgan fingerprint density at radius 3 is 2.13 bits per heavy atom. The van der Waals surface area contributed by atoms with E-state index in [9.17, 15) is 9.59 Å². The van der Waals surface area contributed by atoms with E-state index in [1.54, 1.807) is 36.4 Å². The van der Waals surface area contributed by atoms with E-state index in [4.69, 9.17) is 4.74 Å². The largest absolute Gasteiger partial charge is 0.444 e. The highest BCUT2D eigenvalue weighted by atomic mass is 32.2. The van der Waals surface area contributed by atoms with Gasteiger partial charge in [-0.15, -0.1) is 0 Å². The average molecular weight is 329 g/mol. The summed E-state index contributed by atoms with van der Waals surface area (Å²) < 4.78 is 5.18. The molecule has 0 aliphatic carbocycles. The van der Waals surface area contributed by atoms with Crippen molar-refractivity contribution in [2.75, 3.05) is 5.32 Å². The molecule has 0 saturated heterocycles. The van der Waals surface area contributed by atoms with Crippen LogP contribution in [0.1, 0.15) is 31.1 Å². The van der Waals surface area contributed by atoms with Gasteiger partial charge in [-0.05, 0) is 56.8 Å². The maximum atomic E-state index is 12.1. The van der Waals surface area contributed by atoms with E-state index in [1.807, 2.05) is 39.0 Å². The van der Waals surface area contributed by atoms with Gasteiger partial charge in [0.25, 0.3) is 0 Å². The van der Waals surface area contributed by atoms with Gasteiger partial charge in [0.2, 0.25) is 5.12 Å². The molecule has 0 spiro atoms. The summed E-state index contributed by atoms with van der Waals surface area (Å²) in [4.78, 5) is 24.6. The van der Waals surface area contributed by atoms with Crippen molar-refractivity contribution < 1.29 is 14.3 Å². The van der Waals surface area contributed by atoms with Crippen LogP contribution in [0.15, 0.2) is 59.5 Å². The Morgan fingerprint density at radius 2 is 1.57 bits per heavy atom. The van der Waals surface area contributed by atoms with E-state index in [2.05, 4.69) is 5.32 Å². The molecule has 0 atom stereocenters. The Kier molecular flexibility index (Phi) is 5.45. The van der Waals surface area contributed by atoms with Crippen LogP contribution in [0.2, 0.25) is 0 Å². The number of anilines is 1. The second-order valence-corrected chi connectivity index (χ2v) is 6.95. The summed E-state index contributed by atoms with van der Waals surface area (Å²) in [7, 11) is 0. The lowest BCUT2D eigenvalue weighted by Crippen LogP contribution is -2.27. The molecule has 5 heteroatoms. The highest BCUT2D eigenvalue weighted by Gasteiger charge is 2.16. The number of hydrogen-bond donors (Lipinski definition) is 1. The third kappa shape index (κ3) is 5.79. The Bertz CT molecular complexity index is 676. The molecule has 1 amide bonds. The molecule has 0 heterocycles. The summed E-state index contributed by atoms with van der Waals surface area (Å²) >= 11 is 1.15. The monoisotopic (exact) mass is 329 g/mol. The molecule has 0 unspecified atom stereocenters. The number of carbonyl (C=O) groups is 2. The molecule has 0 saturated carbocycles. The molecular formula is C18H19NO3S. The third-order valence-electron chi connectivity index (χ3n) is 2.72. The summed E-state index contributed by atoms with van der Waals surface area (Å²) in [5.74, 6) is 0. The summed E-state index contributed by atoms with van der Waals surface area (Å²) in [5, 5.41) is 2.64. The van der Waals surface area contributed by atoms with Gasteiger partial charge in [0, 0.05) is 16.1 Å². The molecule has 0 aliphatic rings. The number of benzene rings is 2. The predicted octanol–water partition coefficient (Wildman–Crippen LogP) is 4.97. The van der Waals surface area contributed by atoms with Crippen molar-refractivity contribution in [1.82, 2.24) is 0 Å². The minimum atomic E-state index is -0.540. The van der Waals surface area contributed by atoms with Crippen LogP contribution in [0.3, 0.4) is 0 Å². The number of hydrogen-bond acceptors (Lipinski definition) is 4. The van der Waals surface area contributed by atoms with Gasteiger partial charge in [-0.2, -0.15) is 0 Å². The quantitative estimate of drug-likeness (QED) is 0.808. The second kappa shape index (κ2) is 7.33. The fourth-order valence-electron chi connectivity index (χ4n) is 1.77. The van der Waals surface area contributed by atoms with Gasteiger partial charge in [-0.1, -0.05) is 30.3 Å². The number of rotatable bonds is 3. The van der Waals surface area contributed by atoms with E-state index in [1.165, 1.54) is 0 Å². The summed E-state index contributed by atoms with van der Waals surface area (Å²) in [5.41, 5.74) is 0.742. The maximum absolute atomic E-state index is 12.1. The van der Waals surface area contributed by atoms with Crippen molar-refractivity contribution in [2.45, 2.75) is 31.3 Å². The molecule has 2 aromatic carbocycles. The Hall–Kier alpha value is -2.27. The van der Waals surface area contributed by atoms with Crippen molar-refractivity contribution in [3.05, 3.63) is 60.2 Å². The van der Waals surface area contributed by atoms with Gasteiger partial charge in [-0.25, -0.2) is 4.79 Å². The van der Waals surface area contributed by atoms with Crippen LogP contribution in [0.25, 0.3) is 0 Å². The normalized spacial score (nSPS) is 10.9. The fourth-order valence-corrected chi connectivity index (χ4v) is 2.51. The molecule has 0 aromatic heterocycles. The lowest BCUT2D eigenvalue weighted by Gasteiger charge is -2.19. The van der Waals surface area contributed by atoms with E-state index in [0.29, 0.717) is 11.3 Å². The van der Waals surface area contributed by atoms with Gasteiger partial charge in [0.1, 0.15) is 5.60 Å². The van der Waals surface area contributed by atoms with Gasteiger partial charge in [-0.3, -0.25) is 10.1 Å². The molecular weight excluding hydrogens is 310 g/mol. The van der Waals surface area contributed by atoms with Crippen molar-refractivity contribution in [3.63, 3.8) is 0 Å². The minimum Gasteiger partial charge on any atom is -0.444 e. The van der Waals surface area contributed by atoms with Crippen LogP contribution in [-0.4, -0.2) is 16.8 Å². The summed E-state index contributed by atoms with van der Waals surface area (Å²) in [6.45, 7) is 5.42. The smallest absolute Gasteiger partial charge is 0.412 e. The lowest BCUT2D eigenvalue weighted by molar-refractivity contribution is 0.0636. The van der Waals surface area contributed by atoms with Crippen LogP contribution >= 0.6 is 11.8 Å². The summed E-state index contributed by atoms with van der Waals surface area (Å²) in [6.07, 6.45) is -0.502. The molecule has 2 rings (SSSR count). The van der Waals surface area contributed by atoms with Crippen molar-refractivity contribution >= 4 is 28.7 Å². The Morgan fingerprint density at radius 1 is 0.957 bits per heavy atom. The molecule has 0 bridgehead atoms.